The van der Waals surface area contributed by atoms with Gasteiger partial charge in [-0.15, -0.1) is 0 Å². The second-order valence-electron chi connectivity index (χ2n) is 6.71. The van der Waals surface area contributed by atoms with Gasteiger partial charge >= 0.3 is 0 Å². The van der Waals surface area contributed by atoms with Crippen molar-refractivity contribution in [3.8, 4) is 0 Å². The van der Waals surface area contributed by atoms with Gasteiger partial charge in [0.05, 0.1) is 4.47 Å². The summed E-state index contributed by atoms with van der Waals surface area (Å²) < 4.78 is 32.9. The van der Waals surface area contributed by atoms with Crippen LogP contribution in [-0.2, 0) is 10.0 Å². The molecule has 0 atom stereocenters. The summed E-state index contributed by atoms with van der Waals surface area (Å²) in [5.41, 5.74) is 1.69. The normalized spacial score (nSPS) is 16.0. The van der Waals surface area contributed by atoms with Crippen molar-refractivity contribution in [1.29, 1.82) is 0 Å². The van der Waals surface area contributed by atoms with Gasteiger partial charge in [-0.2, -0.15) is 4.31 Å². The molecule has 1 fully saturated rings. The number of amides is 1. The number of benzene rings is 1. The van der Waals surface area contributed by atoms with Crippen LogP contribution in [0.4, 0.5) is 0 Å². The van der Waals surface area contributed by atoms with Gasteiger partial charge in [0, 0.05) is 37.1 Å². The van der Waals surface area contributed by atoms with E-state index in [-0.39, 0.29) is 29.7 Å². The van der Waals surface area contributed by atoms with E-state index in [0.717, 1.165) is 15.4 Å². The minimum Gasteiger partial charge on any atom is -0.360 e. The number of hydrogen-bond donors (Lipinski definition) is 1. The van der Waals surface area contributed by atoms with E-state index in [4.69, 9.17) is 4.52 Å². The van der Waals surface area contributed by atoms with Crippen molar-refractivity contribution in [3.63, 3.8) is 0 Å². The predicted molar refractivity (Wildman–Crippen MR) is 107 cm³/mol. The number of aromatic nitrogens is 2. The first-order valence-electron chi connectivity index (χ1n) is 8.79. The molecular formula is C18H19BrN4O4S. The Bertz CT molecular complexity index is 1140. The van der Waals surface area contributed by atoms with Gasteiger partial charge < -0.3 is 14.4 Å². The highest BCUT2D eigenvalue weighted by molar-refractivity contribution is 9.10. The van der Waals surface area contributed by atoms with Gasteiger partial charge in [0.1, 0.15) is 16.3 Å². The van der Waals surface area contributed by atoms with Crippen molar-refractivity contribution in [2.24, 2.45) is 0 Å². The summed E-state index contributed by atoms with van der Waals surface area (Å²) in [4.78, 5) is 17.9. The van der Waals surface area contributed by atoms with E-state index in [1.165, 1.54) is 4.31 Å². The molecule has 10 heteroatoms. The van der Waals surface area contributed by atoms with Crippen LogP contribution < -0.4 is 0 Å². The number of aryl methyl sites for hydroxylation is 2. The van der Waals surface area contributed by atoms with Crippen molar-refractivity contribution >= 4 is 42.8 Å². The van der Waals surface area contributed by atoms with E-state index < -0.39 is 10.0 Å². The maximum Gasteiger partial charge on any atom is 0.271 e. The molecule has 8 nitrogen and oxygen atoms in total. The third-order valence-electron chi connectivity index (χ3n) is 4.95. The molecule has 0 spiro atoms. The topological polar surface area (TPSA) is 99.5 Å². The minimum absolute atomic E-state index is 0.116. The van der Waals surface area contributed by atoms with Gasteiger partial charge in [0.2, 0.25) is 10.0 Å². The number of halogens is 1. The third-order valence-corrected chi connectivity index (χ3v) is 7.92. The SMILES string of the molecule is Cc1noc(C)c1S(=O)(=O)N1CCN(C(=O)c2[nH]c3ccccc3c2Br)CC1. The van der Waals surface area contributed by atoms with Crippen molar-refractivity contribution < 1.29 is 17.7 Å². The number of nitrogens with zero attached hydrogens (tertiary/aromatic N) is 3. The van der Waals surface area contributed by atoms with Crippen LogP contribution in [0.2, 0.25) is 0 Å². The number of carbonyl (C=O) groups excluding carboxylic acids is 1. The van der Waals surface area contributed by atoms with Gasteiger partial charge in [-0.1, -0.05) is 23.4 Å². The fourth-order valence-electron chi connectivity index (χ4n) is 3.52. The zero-order chi connectivity index (χ0) is 20.1. The number of hydrogen-bond acceptors (Lipinski definition) is 5. The molecule has 3 heterocycles. The van der Waals surface area contributed by atoms with Gasteiger partial charge in [0.15, 0.2) is 5.76 Å². The van der Waals surface area contributed by atoms with Crippen LogP contribution in [0, 0.1) is 13.8 Å². The minimum atomic E-state index is -3.70. The number of fused-ring (bicyclic) bond motifs is 1. The van der Waals surface area contributed by atoms with Crippen LogP contribution in [0.1, 0.15) is 21.9 Å². The molecule has 0 saturated carbocycles. The first-order valence-corrected chi connectivity index (χ1v) is 11.0. The smallest absolute Gasteiger partial charge is 0.271 e. The standard InChI is InChI=1S/C18H19BrN4O4S/c1-11-17(12(2)27-21-11)28(25,26)23-9-7-22(8-10-23)18(24)16-15(19)13-5-3-4-6-14(13)20-16/h3-6,20H,7-10H2,1-2H3. The monoisotopic (exact) mass is 466 g/mol. The molecule has 148 valence electrons. The molecule has 1 aliphatic rings. The van der Waals surface area contributed by atoms with E-state index in [1.807, 2.05) is 24.3 Å². The number of aromatic amines is 1. The lowest BCUT2D eigenvalue weighted by Crippen LogP contribution is -2.50. The molecule has 0 radical (unpaired) electrons. The largest absolute Gasteiger partial charge is 0.360 e. The Labute approximate surface area is 170 Å². The summed E-state index contributed by atoms with van der Waals surface area (Å²) in [7, 11) is -3.70. The van der Waals surface area contributed by atoms with Crippen LogP contribution >= 0.6 is 15.9 Å². The highest BCUT2D eigenvalue weighted by atomic mass is 79.9. The van der Waals surface area contributed by atoms with E-state index >= 15 is 0 Å². The molecular weight excluding hydrogens is 448 g/mol. The van der Waals surface area contributed by atoms with Crippen molar-refractivity contribution in [1.82, 2.24) is 19.3 Å². The summed E-state index contributed by atoms with van der Waals surface area (Å²) in [6.45, 7) is 4.25. The molecule has 1 N–H and O–H groups in total. The molecule has 1 aromatic carbocycles. The lowest BCUT2D eigenvalue weighted by atomic mass is 10.2. The maximum absolute atomic E-state index is 13.0. The molecule has 0 unspecified atom stereocenters. The number of H-pyrrole nitrogens is 1. The summed E-state index contributed by atoms with van der Waals surface area (Å²) in [6.07, 6.45) is 0. The Morgan fingerprint density at radius 1 is 1.18 bits per heavy atom. The van der Waals surface area contributed by atoms with Gasteiger partial charge in [-0.3, -0.25) is 4.79 Å². The van der Waals surface area contributed by atoms with E-state index in [9.17, 15) is 13.2 Å². The van der Waals surface area contributed by atoms with Crippen molar-refractivity contribution in [2.75, 3.05) is 26.2 Å². The lowest BCUT2D eigenvalue weighted by molar-refractivity contribution is 0.0692. The van der Waals surface area contributed by atoms with Crippen molar-refractivity contribution in [3.05, 3.63) is 45.9 Å². The molecule has 3 aromatic rings. The zero-order valence-electron chi connectivity index (χ0n) is 15.4. The number of carbonyl (C=O) groups is 1. The average molecular weight is 467 g/mol. The molecule has 28 heavy (non-hydrogen) atoms. The molecule has 1 amide bonds. The zero-order valence-corrected chi connectivity index (χ0v) is 17.8. The third kappa shape index (κ3) is 3.05. The Morgan fingerprint density at radius 2 is 1.86 bits per heavy atom. The Balaban J connectivity index is 1.52. The van der Waals surface area contributed by atoms with Crippen LogP contribution in [-0.4, -0.2) is 59.8 Å². The predicted octanol–water partition coefficient (Wildman–Crippen LogP) is 2.68. The van der Waals surface area contributed by atoms with Gasteiger partial charge in [0.25, 0.3) is 5.91 Å². The molecule has 1 aliphatic heterocycles. The molecule has 1 saturated heterocycles. The number of piperazine rings is 1. The van der Waals surface area contributed by atoms with E-state index in [0.29, 0.717) is 24.5 Å². The van der Waals surface area contributed by atoms with Crippen LogP contribution in [0.5, 0.6) is 0 Å². The average Bonchev–Trinajstić information content (AvgIpc) is 3.21. The fraction of sp³-hybridized carbons (Fsp3) is 0.333. The van der Waals surface area contributed by atoms with Gasteiger partial charge in [-0.05, 0) is 35.8 Å². The fourth-order valence-corrected chi connectivity index (χ4v) is 5.84. The number of nitrogens with one attached hydrogen (secondary N) is 1. The first-order chi connectivity index (χ1) is 13.3. The highest BCUT2D eigenvalue weighted by Gasteiger charge is 2.35. The summed E-state index contributed by atoms with van der Waals surface area (Å²) >= 11 is 3.50. The molecule has 2 aromatic heterocycles. The maximum atomic E-state index is 13.0. The second kappa shape index (κ2) is 7.02. The van der Waals surface area contributed by atoms with Crippen LogP contribution in [0.15, 0.2) is 38.2 Å². The summed E-state index contributed by atoms with van der Waals surface area (Å²) in [5, 5.41) is 4.67. The number of para-hydroxylation sites is 1. The van der Waals surface area contributed by atoms with Crippen LogP contribution in [0.25, 0.3) is 10.9 Å². The highest BCUT2D eigenvalue weighted by Crippen LogP contribution is 2.29. The van der Waals surface area contributed by atoms with Crippen LogP contribution in [0.3, 0.4) is 0 Å². The van der Waals surface area contributed by atoms with Crippen molar-refractivity contribution in [2.45, 2.75) is 18.7 Å². The van der Waals surface area contributed by atoms with E-state index in [2.05, 4.69) is 26.1 Å². The quantitative estimate of drug-likeness (QED) is 0.639. The molecule has 4 rings (SSSR count). The first kappa shape index (κ1) is 19.2. The van der Waals surface area contributed by atoms with Gasteiger partial charge in [-0.25, -0.2) is 8.42 Å². The Kier molecular flexibility index (Phi) is 4.80. The van der Waals surface area contributed by atoms with E-state index in [1.54, 1.807) is 18.7 Å². The number of rotatable bonds is 3. The summed E-state index contributed by atoms with van der Waals surface area (Å²) in [6, 6.07) is 7.65. The molecule has 0 bridgehead atoms. The lowest BCUT2D eigenvalue weighted by Gasteiger charge is -2.33. The second-order valence-corrected chi connectivity index (χ2v) is 9.38. The number of sulfonamides is 1. The summed E-state index contributed by atoms with van der Waals surface area (Å²) in [5.74, 6) is 0.121. The molecule has 0 aliphatic carbocycles. The Hall–Kier alpha value is -2.17. The Morgan fingerprint density at radius 3 is 2.46 bits per heavy atom.